The molecule has 0 aliphatic heterocycles. The monoisotopic (exact) mass is 257 g/mol. The summed E-state index contributed by atoms with van der Waals surface area (Å²) in [5.74, 6) is 0.741. The maximum absolute atomic E-state index is 3.97. The fraction of sp³-hybridized carbons (Fsp3) is 0.438. The van der Waals surface area contributed by atoms with Crippen LogP contribution in [0.2, 0.25) is 0 Å². The molecule has 1 aromatic heterocycles. The Balaban J connectivity index is 1.89. The zero-order chi connectivity index (χ0) is 13.7. The molecule has 1 aromatic carbocycles. The molecule has 102 valence electrons. The second kappa shape index (κ2) is 6.53. The number of aromatic nitrogens is 2. The van der Waals surface area contributed by atoms with Crippen LogP contribution < -0.4 is 5.32 Å². The molecule has 0 spiro atoms. The van der Waals surface area contributed by atoms with Gasteiger partial charge in [0, 0.05) is 18.8 Å². The number of benzene rings is 1. The van der Waals surface area contributed by atoms with Crippen LogP contribution in [0.25, 0.3) is 11.3 Å². The largest absolute Gasteiger partial charge is 0.310 e. The molecular weight excluding hydrogens is 234 g/mol. The first-order valence-electron chi connectivity index (χ1n) is 6.97. The Morgan fingerprint density at radius 2 is 1.84 bits per heavy atom. The second-order valence-electron chi connectivity index (χ2n) is 5.58. The molecule has 0 amide bonds. The summed E-state index contributed by atoms with van der Waals surface area (Å²) >= 11 is 0. The van der Waals surface area contributed by atoms with Gasteiger partial charge in [0.1, 0.15) is 0 Å². The average Bonchev–Trinajstić information content (AvgIpc) is 2.90. The predicted molar refractivity (Wildman–Crippen MR) is 79.8 cm³/mol. The Morgan fingerprint density at radius 1 is 1.11 bits per heavy atom. The molecule has 2 aromatic rings. The van der Waals surface area contributed by atoms with Gasteiger partial charge in [0.05, 0.1) is 5.69 Å². The van der Waals surface area contributed by atoms with Crippen molar-refractivity contribution in [1.29, 1.82) is 0 Å². The summed E-state index contributed by atoms with van der Waals surface area (Å²) in [6, 6.07) is 11.2. The normalized spacial score (nSPS) is 12.8. The standard InChI is InChI=1S/C16H23N3/c1-12(2)10-13(3)17-11-14-4-6-15(7-5-14)16-8-9-18-19-16/h4-9,12-13,17H,10-11H2,1-3H3,(H,18,19). The lowest BCUT2D eigenvalue weighted by atomic mass is 10.0. The Labute approximate surface area is 115 Å². The van der Waals surface area contributed by atoms with E-state index in [1.54, 1.807) is 6.20 Å². The molecule has 3 heteroatoms. The van der Waals surface area contributed by atoms with E-state index >= 15 is 0 Å². The molecule has 3 nitrogen and oxygen atoms in total. The van der Waals surface area contributed by atoms with E-state index in [9.17, 15) is 0 Å². The summed E-state index contributed by atoms with van der Waals surface area (Å²) in [4.78, 5) is 0. The van der Waals surface area contributed by atoms with Crippen LogP contribution in [0.5, 0.6) is 0 Å². The minimum absolute atomic E-state index is 0.562. The number of H-pyrrole nitrogens is 1. The third-order valence-corrected chi connectivity index (χ3v) is 3.25. The second-order valence-corrected chi connectivity index (χ2v) is 5.58. The van der Waals surface area contributed by atoms with Gasteiger partial charge in [0.15, 0.2) is 0 Å². The van der Waals surface area contributed by atoms with E-state index in [1.807, 2.05) is 6.07 Å². The first kappa shape index (κ1) is 13.8. The van der Waals surface area contributed by atoms with Crippen LogP contribution in [0.15, 0.2) is 36.5 Å². The Bertz CT molecular complexity index is 471. The van der Waals surface area contributed by atoms with Gasteiger partial charge >= 0.3 is 0 Å². The molecule has 19 heavy (non-hydrogen) atoms. The van der Waals surface area contributed by atoms with E-state index in [-0.39, 0.29) is 0 Å². The van der Waals surface area contributed by atoms with Gasteiger partial charge in [-0.2, -0.15) is 5.10 Å². The third-order valence-electron chi connectivity index (χ3n) is 3.25. The van der Waals surface area contributed by atoms with Gasteiger partial charge in [-0.25, -0.2) is 0 Å². The van der Waals surface area contributed by atoms with Crippen molar-refractivity contribution in [2.24, 2.45) is 5.92 Å². The van der Waals surface area contributed by atoms with Crippen molar-refractivity contribution in [3.05, 3.63) is 42.1 Å². The zero-order valence-corrected chi connectivity index (χ0v) is 12.0. The number of nitrogens with one attached hydrogen (secondary N) is 2. The lowest BCUT2D eigenvalue weighted by molar-refractivity contribution is 0.441. The van der Waals surface area contributed by atoms with Crippen LogP contribution in [0.3, 0.4) is 0 Å². The molecule has 1 heterocycles. The van der Waals surface area contributed by atoms with Crippen LogP contribution in [-0.4, -0.2) is 16.2 Å². The molecule has 0 saturated carbocycles. The Kier molecular flexibility index (Phi) is 4.74. The van der Waals surface area contributed by atoms with Crippen LogP contribution in [0.1, 0.15) is 32.8 Å². The molecule has 0 bridgehead atoms. The number of aromatic amines is 1. The predicted octanol–water partition coefficient (Wildman–Crippen LogP) is 3.60. The SMILES string of the molecule is CC(C)CC(C)NCc1ccc(-c2ccn[nH]2)cc1. The number of nitrogens with zero attached hydrogens (tertiary/aromatic N) is 1. The van der Waals surface area contributed by atoms with Gasteiger partial charge in [-0.05, 0) is 36.5 Å². The van der Waals surface area contributed by atoms with E-state index in [1.165, 1.54) is 17.5 Å². The first-order valence-corrected chi connectivity index (χ1v) is 6.97. The summed E-state index contributed by atoms with van der Waals surface area (Å²) in [6.45, 7) is 7.70. The molecule has 0 saturated heterocycles. The molecule has 1 unspecified atom stereocenters. The van der Waals surface area contributed by atoms with Crippen molar-refractivity contribution in [2.75, 3.05) is 0 Å². The molecular formula is C16H23N3. The summed E-state index contributed by atoms with van der Waals surface area (Å²) in [5.41, 5.74) is 3.56. The average molecular weight is 257 g/mol. The van der Waals surface area contributed by atoms with Crippen molar-refractivity contribution in [3.8, 4) is 11.3 Å². The van der Waals surface area contributed by atoms with Crippen LogP contribution in [0.4, 0.5) is 0 Å². The van der Waals surface area contributed by atoms with Crippen molar-refractivity contribution in [1.82, 2.24) is 15.5 Å². The number of hydrogen-bond donors (Lipinski definition) is 2. The topological polar surface area (TPSA) is 40.7 Å². The Hall–Kier alpha value is -1.61. The van der Waals surface area contributed by atoms with Crippen molar-refractivity contribution >= 4 is 0 Å². The third kappa shape index (κ3) is 4.21. The fourth-order valence-corrected chi connectivity index (χ4v) is 2.30. The van der Waals surface area contributed by atoms with Crippen LogP contribution in [0, 0.1) is 5.92 Å². The summed E-state index contributed by atoms with van der Waals surface area (Å²) < 4.78 is 0. The van der Waals surface area contributed by atoms with Crippen molar-refractivity contribution in [2.45, 2.75) is 39.8 Å². The molecule has 2 rings (SSSR count). The molecule has 0 radical (unpaired) electrons. The highest BCUT2D eigenvalue weighted by atomic mass is 15.1. The van der Waals surface area contributed by atoms with E-state index in [2.05, 4.69) is 60.6 Å². The number of rotatable bonds is 6. The highest BCUT2D eigenvalue weighted by Crippen LogP contribution is 2.16. The first-order chi connectivity index (χ1) is 9.15. The molecule has 2 N–H and O–H groups in total. The van der Waals surface area contributed by atoms with Crippen LogP contribution >= 0.6 is 0 Å². The van der Waals surface area contributed by atoms with E-state index < -0.39 is 0 Å². The summed E-state index contributed by atoms with van der Waals surface area (Å²) in [7, 11) is 0. The van der Waals surface area contributed by atoms with E-state index in [0.717, 1.165) is 18.2 Å². The van der Waals surface area contributed by atoms with Gasteiger partial charge in [-0.3, -0.25) is 5.10 Å². The Morgan fingerprint density at radius 3 is 2.42 bits per heavy atom. The minimum atomic E-state index is 0.562. The summed E-state index contributed by atoms with van der Waals surface area (Å²) in [5, 5.41) is 10.5. The maximum atomic E-state index is 3.97. The highest BCUT2D eigenvalue weighted by Gasteiger charge is 2.04. The summed E-state index contributed by atoms with van der Waals surface area (Å²) in [6.07, 6.45) is 2.99. The van der Waals surface area contributed by atoms with E-state index in [4.69, 9.17) is 0 Å². The quantitative estimate of drug-likeness (QED) is 0.830. The lowest BCUT2D eigenvalue weighted by Gasteiger charge is -2.16. The van der Waals surface area contributed by atoms with Crippen molar-refractivity contribution in [3.63, 3.8) is 0 Å². The molecule has 1 atom stereocenters. The van der Waals surface area contributed by atoms with Gasteiger partial charge in [-0.15, -0.1) is 0 Å². The maximum Gasteiger partial charge on any atom is 0.0650 e. The molecule has 0 aliphatic rings. The lowest BCUT2D eigenvalue weighted by Crippen LogP contribution is -2.26. The number of hydrogen-bond acceptors (Lipinski definition) is 2. The molecule has 0 aliphatic carbocycles. The van der Waals surface area contributed by atoms with E-state index in [0.29, 0.717) is 6.04 Å². The smallest absolute Gasteiger partial charge is 0.0650 e. The van der Waals surface area contributed by atoms with Crippen LogP contribution in [-0.2, 0) is 6.54 Å². The minimum Gasteiger partial charge on any atom is -0.310 e. The van der Waals surface area contributed by atoms with Gasteiger partial charge < -0.3 is 5.32 Å². The van der Waals surface area contributed by atoms with Gasteiger partial charge in [0.25, 0.3) is 0 Å². The molecule has 0 fully saturated rings. The van der Waals surface area contributed by atoms with Gasteiger partial charge in [0.2, 0.25) is 0 Å². The van der Waals surface area contributed by atoms with Gasteiger partial charge in [-0.1, -0.05) is 38.1 Å². The zero-order valence-electron chi connectivity index (χ0n) is 12.0. The van der Waals surface area contributed by atoms with Crippen molar-refractivity contribution < 1.29 is 0 Å². The fourth-order valence-electron chi connectivity index (χ4n) is 2.30. The highest BCUT2D eigenvalue weighted by molar-refractivity contribution is 5.58.